The molecule has 8 heteroatoms. The maximum absolute atomic E-state index is 11.8. The normalized spacial score (nSPS) is 12.4. The van der Waals surface area contributed by atoms with Gasteiger partial charge in [-0.05, 0) is 18.2 Å². The van der Waals surface area contributed by atoms with Crippen LogP contribution in [-0.2, 0) is 19.7 Å². The number of anilines is 1. The van der Waals surface area contributed by atoms with Gasteiger partial charge in [0.25, 0.3) is 0 Å². The summed E-state index contributed by atoms with van der Waals surface area (Å²) in [5, 5.41) is 8.89. The molecule has 1 N–H and O–H groups in total. The highest BCUT2D eigenvalue weighted by Gasteiger charge is 2.19. The number of rotatable bonds is 5. The van der Waals surface area contributed by atoms with Crippen molar-refractivity contribution in [2.75, 3.05) is 37.6 Å². The maximum Gasteiger partial charge on any atom is 0.177 e. The molecule has 0 atom stereocenters. The van der Waals surface area contributed by atoms with Crippen LogP contribution in [0.25, 0.3) is 0 Å². The van der Waals surface area contributed by atoms with Gasteiger partial charge in [0.2, 0.25) is 0 Å². The third kappa shape index (κ3) is 3.92. The van der Waals surface area contributed by atoms with Gasteiger partial charge in [0.1, 0.15) is 0 Å². The number of hydrogen-bond acceptors (Lipinski definition) is 6. The van der Waals surface area contributed by atoms with Gasteiger partial charge in [-0.25, -0.2) is 16.8 Å². The van der Waals surface area contributed by atoms with Crippen molar-refractivity contribution < 1.29 is 21.9 Å². The molecule has 0 bridgehead atoms. The van der Waals surface area contributed by atoms with Crippen LogP contribution in [0.4, 0.5) is 5.69 Å². The standard InChI is InChI=1S/C11H17NO5S2/c1-12(6-7-13)10-5-4-9(18(2,14)15)8-11(10)19(3,16)17/h4-5,8,13H,6-7H2,1-3H3. The van der Waals surface area contributed by atoms with Crippen LogP contribution in [0.1, 0.15) is 0 Å². The Morgan fingerprint density at radius 1 is 1.11 bits per heavy atom. The quantitative estimate of drug-likeness (QED) is 0.818. The average molecular weight is 307 g/mol. The van der Waals surface area contributed by atoms with Crippen molar-refractivity contribution in [2.24, 2.45) is 0 Å². The Balaban J connectivity index is 3.51. The molecule has 0 aliphatic rings. The smallest absolute Gasteiger partial charge is 0.177 e. The molecule has 108 valence electrons. The predicted molar refractivity (Wildman–Crippen MR) is 73.0 cm³/mol. The summed E-state index contributed by atoms with van der Waals surface area (Å²) in [5.41, 5.74) is 0.365. The Morgan fingerprint density at radius 2 is 1.68 bits per heavy atom. The molecule has 0 spiro atoms. The van der Waals surface area contributed by atoms with Crippen LogP contribution < -0.4 is 4.90 Å². The molecule has 0 amide bonds. The molecular formula is C11H17NO5S2. The summed E-state index contributed by atoms with van der Waals surface area (Å²) in [4.78, 5) is 1.45. The van der Waals surface area contributed by atoms with E-state index >= 15 is 0 Å². The zero-order chi connectivity index (χ0) is 14.8. The SMILES string of the molecule is CN(CCO)c1ccc(S(C)(=O)=O)cc1S(C)(=O)=O. The first-order valence-corrected chi connectivity index (χ1v) is 9.22. The molecule has 0 saturated carbocycles. The van der Waals surface area contributed by atoms with Crippen LogP contribution in [0.15, 0.2) is 28.0 Å². The third-order valence-electron chi connectivity index (χ3n) is 2.61. The monoisotopic (exact) mass is 307 g/mol. The van der Waals surface area contributed by atoms with Gasteiger partial charge in [-0.3, -0.25) is 0 Å². The lowest BCUT2D eigenvalue weighted by molar-refractivity contribution is 0.304. The van der Waals surface area contributed by atoms with E-state index in [1.54, 1.807) is 11.9 Å². The molecule has 0 fully saturated rings. The van der Waals surface area contributed by atoms with Gasteiger partial charge >= 0.3 is 0 Å². The van der Waals surface area contributed by atoms with Crippen molar-refractivity contribution >= 4 is 25.4 Å². The van der Waals surface area contributed by atoms with E-state index in [0.29, 0.717) is 5.69 Å². The molecule has 0 aromatic heterocycles. The molecule has 6 nitrogen and oxygen atoms in total. The number of aliphatic hydroxyl groups excluding tert-OH is 1. The summed E-state index contributed by atoms with van der Waals surface area (Å²) in [6.45, 7) is 0.119. The number of aliphatic hydroxyl groups is 1. The highest BCUT2D eigenvalue weighted by molar-refractivity contribution is 7.91. The lowest BCUT2D eigenvalue weighted by Crippen LogP contribution is -2.23. The number of sulfone groups is 2. The minimum Gasteiger partial charge on any atom is -0.395 e. The first-order chi connectivity index (χ1) is 8.57. The van der Waals surface area contributed by atoms with E-state index in [0.717, 1.165) is 18.6 Å². The fourth-order valence-electron chi connectivity index (χ4n) is 1.61. The van der Waals surface area contributed by atoms with Gasteiger partial charge in [-0.2, -0.15) is 0 Å². The van der Waals surface area contributed by atoms with Gasteiger partial charge in [0.15, 0.2) is 19.7 Å². The van der Waals surface area contributed by atoms with E-state index in [1.807, 2.05) is 0 Å². The third-order valence-corrected chi connectivity index (χ3v) is 4.84. The van der Waals surface area contributed by atoms with Crippen molar-refractivity contribution in [3.63, 3.8) is 0 Å². The van der Waals surface area contributed by atoms with Crippen molar-refractivity contribution in [3.05, 3.63) is 18.2 Å². The number of likely N-dealkylation sites (N-methyl/N-ethyl adjacent to an activating group) is 1. The highest BCUT2D eigenvalue weighted by atomic mass is 32.2. The van der Waals surface area contributed by atoms with E-state index in [1.165, 1.54) is 12.1 Å². The average Bonchev–Trinajstić information content (AvgIpc) is 2.26. The van der Waals surface area contributed by atoms with Gasteiger partial charge in [-0.1, -0.05) is 0 Å². The van der Waals surface area contributed by atoms with Crippen molar-refractivity contribution in [1.29, 1.82) is 0 Å². The van der Waals surface area contributed by atoms with Crippen LogP contribution in [0, 0.1) is 0 Å². The number of nitrogens with zero attached hydrogens (tertiary/aromatic N) is 1. The van der Waals surface area contributed by atoms with E-state index < -0.39 is 19.7 Å². The van der Waals surface area contributed by atoms with E-state index in [4.69, 9.17) is 5.11 Å². The summed E-state index contributed by atoms with van der Waals surface area (Å²) >= 11 is 0. The second-order valence-electron chi connectivity index (χ2n) is 4.32. The Labute approximate surface area is 113 Å². The largest absolute Gasteiger partial charge is 0.395 e. The zero-order valence-corrected chi connectivity index (χ0v) is 12.6. The van der Waals surface area contributed by atoms with Crippen LogP contribution in [0.3, 0.4) is 0 Å². The molecule has 0 saturated heterocycles. The Bertz CT molecular complexity index is 664. The fourth-order valence-corrected chi connectivity index (χ4v) is 3.27. The summed E-state index contributed by atoms with van der Waals surface area (Å²) in [7, 11) is -5.41. The number of hydrogen-bond donors (Lipinski definition) is 1. The lowest BCUT2D eigenvalue weighted by Gasteiger charge is -2.21. The molecule has 19 heavy (non-hydrogen) atoms. The second kappa shape index (κ2) is 5.48. The molecule has 0 aliphatic carbocycles. The van der Waals surface area contributed by atoms with Crippen molar-refractivity contribution in [2.45, 2.75) is 9.79 Å². The molecular weight excluding hydrogens is 290 g/mol. The summed E-state index contributed by atoms with van der Waals surface area (Å²) in [6.07, 6.45) is 2.04. The molecule has 0 aliphatic heterocycles. The van der Waals surface area contributed by atoms with Gasteiger partial charge in [-0.15, -0.1) is 0 Å². The summed E-state index contributed by atoms with van der Waals surface area (Å²) in [5.74, 6) is 0. The van der Waals surface area contributed by atoms with E-state index in [-0.39, 0.29) is 22.9 Å². The first kappa shape index (κ1) is 15.9. The van der Waals surface area contributed by atoms with Crippen LogP contribution in [0.5, 0.6) is 0 Å². The second-order valence-corrected chi connectivity index (χ2v) is 8.32. The zero-order valence-electron chi connectivity index (χ0n) is 11.0. The summed E-state index contributed by atoms with van der Waals surface area (Å²) < 4.78 is 46.5. The maximum atomic E-state index is 11.8. The molecule has 0 radical (unpaired) electrons. The minimum absolute atomic E-state index is 0.0472. The van der Waals surface area contributed by atoms with E-state index in [2.05, 4.69) is 0 Å². The molecule has 0 heterocycles. The molecule has 1 rings (SSSR count). The Hall–Kier alpha value is -1.12. The predicted octanol–water partition coefficient (Wildman–Crippen LogP) is -0.0779. The van der Waals surface area contributed by atoms with Crippen molar-refractivity contribution in [3.8, 4) is 0 Å². The van der Waals surface area contributed by atoms with Crippen LogP contribution in [-0.4, -0.2) is 54.7 Å². The van der Waals surface area contributed by atoms with E-state index in [9.17, 15) is 16.8 Å². The topological polar surface area (TPSA) is 91.8 Å². The Kier molecular flexibility index (Phi) is 4.59. The Morgan fingerprint density at radius 3 is 2.11 bits per heavy atom. The highest BCUT2D eigenvalue weighted by Crippen LogP contribution is 2.27. The summed E-state index contributed by atoms with van der Waals surface area (Å²) in [6, 6.07) is 3.93. The van der Waals surface area contributed by atoms with Crippen molar-refractivity contribution in [1.82, 2.24) is 0 Å². The molecule has 0 unspecified atom stereocenters. The molecule has 1 aromatic rings. The lowest BCUT2D eigenvalue weighted by atomic mass is 10.3. The molecule has 1 aromatic carbocycles. The van der Waals surface area contributed by atoms with Crippen LogP contribution >= 0.6 is 0 Å². The number of benzene rings is 1. The minimum atomic E-state index is -3.57. The first-order valence-electron chi connectivity index (χ1n) is 5.43. The van der Waals surface area contributed by atoms with Gasteiger partial charge < -0.3 is 10.0 Å². The fraction of sp³-hybridized carbons (Fsp3) is 0.455. The van der Waals surface area contributed by atoms with Crippen LogP contribution in [0.2, 0.25) is 0 Å². The van der Waals surface area contributed by atoms with Gasteiger partial charge in [0.05, 0.1) is 22.1 Å². The van der Waals surface area contributed by atoms with Gasteiger partial charge in [0, 0.05) is 26.1 Å².